The summed E-state index contributed by atoms with van der Waals surface area (Å²) >= 11 is 1.67. The van der Waals surface area contributed by atoms with Crippen LogP contribution < -0.4 is 10.1 Å². The average molecular weight is 297 g/mol. The lowest BCUT2D eigenvalue weighted by Crippen LogP contribution is -2.30. The van der Waals surface area contributed by atoms with Gasteiger partial charge in [-0.15, -0.1) is 11.8 Å². The highest BCUT2D eigenvalue weighted by Crippen LogP contribution is 2.18. The molecule has 1 aromatic rings. The van der Waals surface area contributed by atoms with Crippen molar-refractivity contribution >= 4 is 23.6 Å². The van der Waals surface area contributed by atoms with Crippen LogP contribution in [0.3, 0.4) is 0 Å². The highest BCUT2D eigenvalue weighted by atomic mass is 32.2. The molecule has 1 amide bonds. The van der Waals surface area contributed by atoms with Crippen LogP contribution in [-0.2, 0) is 14.3 Å². The van der Waals surface area contributed by atoms with Crippen molar-refractivity contribution in [2.75, 3.05) is 26.5 Å². The maximum absolute atomic E-state index is 11.4. The predicted octanol–water partition coefficient (Wildman–Crippen LogP) is 1.86. The fraction of sp³-hybridized carbons (Fsp3) is 0.429. The van der Waals surface area contributed by atoms with E-state index in [9.17, 15) is 9.59 Å². The number of esters is 1. The Morgan fingerprint density at radius 1 is 1.25 bits per heavy atom. The molecule has 20 heavy (non-hydrogen) atoms. The summed E-state index contributed by atoms with van der Waals surface area (Å²) in [6.45, 7) is 0.372. The average Bonchev–Trinajstić information content (AvgIpc) is 2.49. The van der Waals surface area contributed by atoms with Crippen LogP contribution in [0.2, 0.25) is 0 Å². The molecule has 1 aromatic carbocycles. The van der Waals surface area contributed by atoms with Crippen molar-refractivity contribution in [2.45, 2.75) is 17.7 Å². The van der Waals surface area contributed by atoms with E-state index >= 15 is 0 Å². The molecular weight excluding hydrogens is 278 g/mol. The third-order valence-electron chi connectivity index (χ3n) is 2.53. The standard InChI is InChI=1S/C14H19NO4S/c1-18-14(17)10-15-13(16)4-3-9-19-11-5-7-12(20-2)8-6-11/h5-8H,3-4,9-10H2,1-2H3,(H,15,16). The Kier molecular flexibility index (Phi) is 7.57. The molecule has 1 N–H and O–H groups in total. The van der Waals surface area contributed by atoms with Gasteiger partial charge in [0.1, 0.15) is 12.3 Å². The van der Waals surface area contributed by atoms with E-state index in [4.69, 9.17) is 4.74 Å². The summed E-state index contributed by atoms with van der Waals surface area (Å²) in [7, 11) is 1.28. The largest absolute Gasteiger partial charge is 0.494 e. The number of ether oxygens (including phenoxy) is 2. The van der Waals surface area contributed by atoms with Crippen LogP contribution in [0.5, 0.6) is 5.75 Å². The zero-order valence-electron chi connectivity index (χ0n) is 11.7. The van der Waals surface area contributed by atoms with Gasteiger partial charge in [-0.3, -0.25) is 9.59 Å². The molecule has 0 fully saturated rings. The fourth-order valence-electron chi connectivity index (χ4n) is 1.43. The molecule has 0 bridgehead atoms. The van der Waals surface area contributed by atoms with E-state index in [1.807, 2.05) is 30.5 Å². The van der Waals surface area contributed by atoms with Crippen molar-refractivity contribution in [1.82, 2.24) is 5.32 Å². The Balaban J connectivity index is 2.14. The molecule has 0 heterocycles. The lowest BCUT2D eigenvalue weighted by Gasteiger charge is -2.07. The number of rotatable bonds is 8. The first-order valence-corrected chi connectivity index (χ1v) is 7.48. The van der Waals surface area contributed by atoms with Gasteiger partial charge in [0.2, 0.25) is 5.91 Å². The number of thioether (sulfide) groups is 1. The Morgan fingerprint density at radius 3 is 2.55 bits per heavy atom. The van der Waals surface area contributed by atoms with Gasteiger partial charge in [-0.25, -0.2) is 0 Å². The molecule has 0 aromatic heterocycles. The highest BCUT2D eigenvalue weighted by Gasteiger charge is 2.05. The van der Waals surface area contributed by atoms with Gasteiger partial charge in [0, 0.05) is 11.3 Å². The molecule has 0 unspecified atom stereocenters. The summed E-state index contributed by atoms with van der Waals surface area (Å²) in [6.07, 6.45) is 2.93. The Labute approximate surface area is 123 Å². The van der Waals surface area contributed by atoms with Crippen LogP contribution >= 0.6 is 11.8 Å². The molecule has 0 aliphatic heterocycles. The van der Waals surface area contributed by atoms with Crippen LogP contribution in [0.15, 0.2) is 29.2 Å². The Morgan fingerprint density at radius 2 is 1.95 bits per heavy atom. The number of carbonyl (C=O) groups is 2. The van der Waals surface area contributed by atoms with Gasteiger partial charge in [0.25, 0.3) is 0 Å². The van der Waals surface area contributed by atoms with Crippen LogP contribution in [0.4, 0.5) is 0 Å². The van der Waals surface area contributed by atoms with Gasteiger partial charge in [-0.2, -0.15) is 0 Å². The lowest BCUT2D eigenvalue weighted by atomic mass is 10.3. The molecule has 110 valence electrons. The summed E-state index contributed by atoms with van der Waals surface area (Å²) < 4.78 is 9.94. The second-order valence-corrected chi connectivity index (χ2v) is 4.86. The van der Waals surface area contributed by atoms with E-state index in [2.05, 4.69) is 10.1 Å². The highest BCUT2D eigenvalue weighted by molar-refractivity contribution is 7.98. The van der Waals surface area contributed by atoms with Crippen LogP contribution in [0.1, 0.15) is 12.8 Å². The molecule has 0 spiro atoms. The van der Waals surface area contributed by atoms with Gasteiger partial charge in [-0.1, -0.05) is 0 Å². The van der Waals surface area contributed by atoms with Crippen molar-refractivity contribution in [3.8, 4) is 5.75 Å². The zero-order chi connectivity index (χ0) is 14.8. The lowest BCUT2D eigenvalue weighted by molar-refractivity contribution is -0.141. The maximum atomic E-state index is 11.4. The number of carbonyl (C=O) groups excluding carboxylic acids is 2. The first-order valence-electron chi connectivity index (χ1n) is 6.26. The van der Waals surface area contributed by atoms with Gasteiger partial charge in [-0.05, 0) is 36.9 Å². The van der Waals surface area contributed by atoms with E-state index in [1.165, 1.54) is 12.0 Å². The Hall–Kier alpha value is -1.69. The van der Waals surface area contributed by atoms with Crippen molar-refractivity contribution in [2.24, 2.45) is 0 Å². The van der Waals surface area contributed by atoms with E-state index in [0.29, 0.717) is 19.4 Å². The number of nitrogens with one attached hydrogen (secondary N) is 1. The minimum absolute atomic E-state index is 0.0909. The first-order chi connectivity index (χ1) is 9.65. The van der Waals surface area contributed by atoms with Gasteiger partial charge in [0.05, 0.1) is 13.7 Å². The molecule has 0 aliphatic carbocycles. The van der Waals surface area contributed by atoms with Crippen LogP contribution in [0.25, 0.3) is 0 Å². The minimum Gasteiger partial charge on any atom is -0.494 e. The molecule has 1 rings (SSSR count). The summed E-state index contributed by atoms with van der Waals surface area (Å²) in [6, 6.07) is 7.79. The number of methoxy groups -OCH3 is 1. The fourth-order valence-corrected chi connectivity index (χ4v) is 1.83. The number of hydrogen-bond acceptors (Lipinski definition) is 5. The maximum Gasteiger partial charge on any atom is 0.325 e. The Bertz CT molecular complexity index is 433. The molecular formula is C14H19NO4S. The quantitative estimate of drug-likeness (QED) is 0.451. The zero-order valence-corrected chi connectivity index (χ0v) is 12.5. The van der Waals surface area contributed by atoms with E-state index < -0.39 is 5.97 Å². The van der Waals surface area contributed by atoms with Gasteiger partial charge < -0.3 is 14.8 Å². The molecule has 0 aliphatic rings. The molecule has 6 heteroatoms. The summed E-state index contributed by atoms with van der Waals surface area (Å²) in [5.74, 6) is 0.151. The van der Waals surface area contributed by atoms with E-state index in [0.717, 1.165) is 5.75 Å². The third-order valence-corrected chi connectivity index (χ3v) is 3.28. The first kappa shape index (κ1) is 16.4. The van der Waals surface area contributed by atoms with Crippen molar-refractivity contribution < 1.29 is 19.1 Å². The summed E-state index contributed by atoms with van der Waals surface area (Å²) in [4.78, 5) is 23.4. The van der Waals surface area contributed by atoms with Crippen LogP contribution in [-0.4, -0.2) is 38.4 Å². The molecule has 0 saturated heterocycles. The third kappa shape index (κ3) is 6.47. The number of amides is 1. The van der Waals surface area contributed by atoms with Gasteiger partial charge >= 0.3 is 5.97 Å². The second-order valence-electron chi connectivity index (χ2n) is 3.98. The molecule has 5 nitrogen and oxygen atoms in total. The number of hydrogen-bond donors (Lipinski definition) is 1. The normalized spacial score (nSPS) is 9.90. The number of benzene rings is 1. The molecule has 0 atom stereocenters. The van der Waals surface area contributed by atoms with E-state index in [1.54, 1.807) is 11.8 Å². The predicted molar refractivity (Wildman–Crippen MR) is 78.0 cm³/mol. The summed E-state index contributed by atoms with van der Waals surface area (Å²) in [5.41, 5.74) is 0. The second kappa shape index (κ2) is 9.25. The molecule has 0 saturated carbocycles. The minimum atomic E-state index is -0.455. The smallest absolute Gasteiger partial charge is 0.325 e. The van der Waals surface area contributed by atoms with Crippen molar-refractivity contribution in [1.29, 1.82) is 0 Å². The SMILES string of the molecule is COC(=O)CNC(=O)CCCOc1ccc(SC)cc1. The summed E-state index contributed by atoms with van der Waals surface area (Å²) in [5, 5.41) is 2.48. The monoisotopic (exact) mass is 297 g/mol. The van der Waals surface area contributed by atoms with Gasteiger partial charge in [0.15, 0.2) is 0 Å². The van der Waals surface area contributed by atoms with Crippen molar-refractivity contribution in [3.63, 3.8) is 0 Å². The topological polar surface area (TPSA) is 64.6 Å². The van der Waals surface area contributed by atoms with E-state index in [-0.39, 0.29) is 12.5 Å². The van der Waals surface area contributed by atoms with Crippen molar-refractivity contribution in [3.05, 3.63) is 24.3 Å². The van der Waals surface area contributed by atoms with Crippen LogP contribution in [0, 0.1) is 0 Å². The molecule has 0 radical (unpaired) electrons.